The third-order valence-corrected chi connectivity index (χ3v) is 7.33. The maximum Gasteiger partial charge on any atom is 0.344 e. The van der Waals surface area contributed by atoms with Crippen LogP contribution in [0.5, 0.6) is 11.5 Å². The molecule has 0 unspecified atom stereocenters. The summed E-state index contributed by atoms with van der Waals surface area (Å²) in [7, 11) is 0. The Labute approximate surface area is 207 Å². The Morgan fingerprint density at radius 1 is 0.657 bits per heavy atom. The minimum absolute atomic E-state index is 0.339. The SMILES string of the molecule is O=c1oc2cc(OCCCN3CCCCC3)ccc2c2ccc(OCCCN3CCCCC3)cc12. The molecule has 6 nitrogen and oxygen atoms in total. The summed E-state index contributed by atoms with van der Waals surface area (Å²) in [5.41, 5.74) is 0.222. The van der Waals surface area contributed by atoms with Gasteiger partial charge in [-0.05, 0) is 95.0 Å². The van der Waals surface area contributed by atoms with Gasteiger partial charge in [0.05, 0.1) is 18.6 Å². The molecule has 5 rings (SSSR count). The smallest absolute Gasteiger partial charge is 0.344 e. The molecule has 0 saturated carbocycles. The van der Waals surface area contributed by atoms with E-state index in [1.54, 1.807) is 0 Å². The molecule has 0 aliphatic carbocycles. The van der Waals surface area contributed by atoms with Gasteiger partial charge >= 0.3 is 5.63 Å². The molecule has 3 aromatic rings. The fourth-order valence-electron chi connectivity index (χ4n) is 5.39. The van der Waals surface area contributed by atoms with Crippen molar-refractivity contribution in [3.05, 3.63) is 46.8 Å². The number of rotatable bonds is 10. The van der Waals surface area contributed by atoms with Crippen molar-refractivity contribution in [2.45, 2.75) is 51.4 Å². The van der Waals surface area contributed by atoms with Gasteiger partial charge in [-0.25, -0.2) is 4.79 Å². The third kappa shape index (κ3) is 6.36. The fraction of sp³-hybridized carbons (Fsp3) is 0.552. The molecule has 0 radical (unpaired) electrons. The average Bonchev–Trinajstić information content (AvgIpc) is 2.90. The summed E-state index contributed by atoms with van der Waals surface area (Å²) < 4.78 is 17.6. The second-order valence-corrected chi connectivity index (χ2v) is 9.96. The Morgan fingerprint density at radius 3 is 1.80 bits per heavy atom. The molecule has 0 bridgehead atoms. The highest BCUT2D eigenvalue weighted by Crippen LogP contribution is 2.28. The van der Waals surface area contributed by atoms with Gasteiger partial charge in [0.2, 0.25) is 0 Å². The quantitative estimate of drug-likeness (QED) is 0.219. The monoisotopic (exact) mass is 478 g/mol. The van der Waals surface area contributed by atoms with E-state index < -0.39 is 0 Å². The Bertz CT molecular complexity index is 1160. The van der Waals surface area contributed by atoms with Gasteiger partial charge in [-0.15, -0.1) is 0 Å². The Kier molecular flexibility index (Phi) is 8.22. The summed E-state index contributed by atoms with van der Waals surface area (Å²) in [6.07, 6.45) is 9.94. The van der Waals surface area contributed by atoms with Crippen LogP contribution in [0.25, 0.3) is 21.7 Å². The standard InChI is InChI=1S/C29H38N2O4/c32-29-27-21-23(33-19-7-17-30-13-3-1-4-14-30)9-11-25(27)26-12-10-24(22-28(26)35-29)34-20-8-18-31-15-5-2-6-16-31/h9-12,21-22H,1-8,13-20H2. The minimum atomic E-state index is -0.339. The molecule has 0 amide bonds. The molecule has 2 fully saturated rings. The zero-order chi connectivity index (χ0) is 23.9. The zero-order valence-corrected chi connectivity index (χ0v) is 20.8. The maximum atomic E-state index is 12.8. The molecular weight excluding hydrogens is 440 g/mol. The average molecular weight is 479 g/mol. The number of ether oxygens (including phenoxy) is 2. The normalized spacial score (nSPS) is 17.7. The molecule has 2 aliphatic heterocycles. The lowest BCUT2D eigenvalue weighted by atomic mass is 10.1. The van der Waals surface area contributed by atoms with Gasteiger partial charge in [-0.1, -0.05) is 12.8 Å². The first-order valence-electron chi connectivity index (χ1n) is 13.5. The fourth-order valence-corrected chi connectivity index (χ4v) is 5.39. The molecule has 0 atom stereocenters. The number of fused-ring (bicyclic) bond motifs is 3. The second kappa shape index (κ2) is 11.9. The summed E-state index contributed by atoms with van der Waals surface area (Å²) in [5, 5.41) is 2.35. The molecule has 3 heterocycles. The van der Waals surface area contributed by atoms with E-state index in [0.29, 0.717) is 24.2 Å². The lowest BCUT2D eigenvalue weighted by molar-refractivity contribution is 0.205. The van der Waals surface area contributed by atoms with E-state index in [1.165, 1.54) is 64.7 Å². The Hall–Kier alpha value is -2.57. The van der Waals surface area contributed by atoms with E-state index in [2.05, 4.69) is 9.80 Å². The molecule has 2 saturated heterocycles. The van der Waals surface area contributed by atoms with Crippen LogP contribution in [0.15, 0.2) is 45.6 Å². The van der Waals surface area contributed by atoms with Crippen LogP contribution in [0.2, 0.25) is 0 Å². The van der Waals surface area contributed by atoms with Crippen LogP contribution in [0.3, 0.4) is 0 Å². The first-order chi connectivity index (χ1) is 17.3. The Morgan fingerprint density at radius 2 is 1.20 bits per heavy atom. The minimum Gasteiger partial charge on any atom is -0.494 e. The van der Waals surface area contributed by atoms with Gasteiger partial charge in [0, 0.05) is 29.9 Å². The largest absolute Gasteiger partial charge is 0.494 e. The summed E-state index contributed by atoms with van der Waals surface area (Å²) >= 11 is 0. The predicted molar refractivity (Wildman–Crippen MR) is 141 cm³/mol. The molecule has 35 heavy (non-hydrogen) atoms. The molecular formula is C29H38N2O4. The highest BCUT2D eigenvalue weighted by Gasteiger charge is 2.12. The van der Waals surface area contributed by atoms with Crippen molar-refractivity contribution in [1.29, 1.82) is 0 Å². The number of nitrogens with zero attached hydrogens (tertiary/aromatic N) is 2. The number of hydrogen-bond acceptors (Lipinski definition) is 6. The van der Waals surface area contributed by atoms with Crippen LogP contribution < -0.4 is 15.1 Å². The molecule has 2 aromatic carbocycles. The van der Waals surface area contributed by atoms with E-state index in [9.17, 15) is 4.79 Å². The molecule has 6 heteroatoms. The summed E-state index contributed by atoms with van der Waals surface area (Å²) in [6, 6.07) is 11.5. The molecule has 0 N–H and O–H groups in total. The number of piperidine rings is 2. The summed E-state index contributed by atoms with van der Waals surface area (Å²) in [4.78, 5) is 17.8. The van der Waals surface area contributed by atoms with Crippen LogP contribution in [0, 0.1) is 0 Å². The lowest BCUT2D eigenvalue weighted by Crippen LogP contribution is -2.31. The van der Waals surface area contributed by atoms with Crippen LogP contribution in [0.4, 0.5) is 0 Å². The number of likely N-dealkylation sites (tertiary alicyclic amines) is 2. The molecule has 2 aliphatic rings. The van der Waals surface area contributed by atoms with Crippen LogP contribution in [-0.4, -0.2) is 62.3 Å². The molecule has 188 valence electrons. The van der Waals surface area contributed by atoms with Crippen molar-refractivity contribution in [2.75, 3.05) is 52.5 Å². The highest BCUT2D eigenvalue weighted by molar-refractivity contribution is 6.04. The molecule has 0 spiro atoms. The van der Waals surface area contributed by atoms with Gasteiger partial charge in [-0.3, -0.25) is 0 Å². The summed E-state index contributed by atoms with van der Waals surface area (Å²) in [6.45, 7) is 8.29. The predicted octanol–water partition coefficient (Wildman–Crippen LogP) is 5.46. The molecule has 1 aromatic heterocycles. The van der Waals surface area contributed by atoms with Crippen molar-refractivity contribution >= 4 is 21.7 Å². The van der Waals surface area contributed by atoms with E-state index >= 15 is 0 Å². The lowest BCUT2D eigenvalue weighted by Gasteiger charge is -2.26. The van der Waals surface area contributed by atoms with E-state index in [1.807, 2.05) is 36.4 Å². The van der Waals surface area contributed by atoms with E-state index in [4.69, 9.17) is 13.9 Å². The van der Waals surface area contributed by atoms with Gasteiger partial charge in [0.25, 0.3) is 0 Å². The number of benzene rings is 2. The summed E-state index contributed by atoms with van der Waals surface area (Å²) in [5.74, 6) is 1.46. The zero-order valence-electron chi connectivity index (χ0n) is 20.8. The first kappa shape index (κ1) is 24.1. The van der Waals surface area contributed by atoms with Gasteiger partial charge in [0.15, 0.2) is 0 Å². The first-order valence-corrected chi connectivity index (χ1v) is 13.5. The third-order valence-electron chi connectivity index (χ3n) is 7.33. The highest BCUT2D eigenvalue weighted by atomic mass is 16.5. The van der Waals surface area contributed by atoms with Crippen LogP contribution in [0.1, 0.15) is 51.4 Å². The van der Waals surface area contributed by atoms with E-state index in [0.717, 1.165) is 48.2 Å². The van der Waals surface area contributed by atoms with Crippen molar-refractivity contribution < 1.29 is 13.9 Å². The van der Waals surface area contributed by atoms with E-state index in [-0.39, 0.29) is 5.63 Å². The van der Waals surface area contributed by atoms with Crippen LogP contribution >= 0.6 is 0 Å². The number of hydrogen-bond donors (Lipinski definition) is 0. The topological polar surface area (TPSA) is 55.1 Å². The Balaban J connectivity index is 1.18. The van der Waals surface area contributed by atoms with Crippen molar-refractivity contribution in [3.63, 3.8) is 0 Å². The van der Waals surface area contributed by atoms with Gasteiger partial charge in [0.1, 0.15) is 17.1 Å². The van der Waals surface area contributed by atoms with Gasteiger partial charge in [-0.2, -0.15) is 0 Å². The second-order valence-electron chi connectivity index (χ2n) is 9.96. The van der Waals surface area contributed by atoms with Crippen molar-refractivity contribution in [3.8, 4) is 11.5 Å². The van der Waals surface area contributed by atoms with Crippen LogP contribution in [-0.2, 0) is 0 Å². The van der Waals surface area contributed by atoms with Gasteiger partial charge < -0.3 is 23.7 Å². The van der Waals surface area contributed by atoms with Crippen molar-refractivity contribution in [2.24, 2.45) is 0 Å². The van der Waals surface area contributed by atoms with Crippen molar-refractivity contribution in [1.82, 2.24) is 9.80 Å². The maximum absolute atomic E-state index is 12.8.